The molecule has 0 aliphatic carbocycles. The third-order valence-corrected chi connectivity index (χ3v) is 2.04. The number of nitrogens with zero attached hydrogens (tertiary/aromatic N) is 1. The molecule has 1 amide bonds. The highest BCUT2D eigenvalue weighted by molar-refractivity contribution is 6.32. The third kappa shape index (κ3) is 3.78. The average molecular weight is 253 g/mol. The SMILES string of the molecule is COC(=O)c1cc(C#CCC(N)=O)cnc1Cl. The first-order valence-electron chi connectivity index (χ1n) is 4.55. The fourth-order valence-corrected chi connectivity index (χ4v) is 1.18. The smallest absolute Gasteiger partial charge is 0.341 e. The Bertz CT molecular complexity index is 517. The number of ether oxygens (including phenoxy) is 1. The summed E-state index contributed by atoms with van der Waals surface area (Å²) >= 11 is 5.72. The number of carbonyl (C=O) groups excluding carboxylic acids is 2. The van der Waals surface area contributed by atoms with Gasteiger partial charge in [0.1, 0.15) is 5.15 Å². The predicted octanol–water partition coefficient (Wildman–Crippen LogP) is 0.748. The summed E-state index contributed by atoms with van der Waals surface area (Å²) in [4.78, 5) is 25.6. The normalized spacial score (nSPS) is 9.06. The van der Waals surface area contributed by atoms with E-state index in [-0.39, 0.29) is 17.1 Å². The molecule has 0 bridgehead atoms. The molecule has 0 fully saturated rings. The Morgan fingerprint density at radius 1 is 1.59 bits per heavy atom. The van der Waals surface area contributed by atoms with Crippen LogP contribution in [0.15, 0.2) is 12.3 Å². The first kappa shape index (κ1) is 13.0. The minimum Gasteiger partial charge on any atom is -0.465 e. The molecule has 0 atom stereocenters. The molecule has 0 aliphatic heterocycles. The molecule has 1 rings (SSSR count). The van der Waals surface area contributed by atoms with E-state index in [1.807, 2.05) is 0 Å². The molecule has 0 aromatic carbocycles. The van der Waals surface area contributed by atoms with E-state index >= 15 is 0 Å². The second-order valence-electron chi connectivity index (χ2n) is 3.00. The zero-order valence-corrected chi connectivity index (χ0v) is 9.75. The van der Waals surface area contributed by atoms with Gasteiger partial charge in [0.25, 0.3) is 0 Å². The maximum absolute atomic E-state index is 11.3. The van der Waals surface area contributed by atoms with Crippen LogP contribution in [0.5, 0.6) is 0 Å². The Labute approximate surface area is 103 Å². The lowest BCUT2D eigenvalue weighted by Crippen LogP contribution is -2.08. The van der Waals surface area contributed by atoms with E-state index < -0.39 is 11.9 Å². The van der Waals surface area contributed by atoms with Crippen molar-refractivity contribution in [3.8, 4) is 11.8 Å². The lowest BCUT2D eigenvalue weighted by molar-refractivity contribution is -0.117. The number of halogens is 1. The summed E-state index contributed by atoms with van der Waals surface area (Å²) in [5.41, 5.74) is 5.51. The van der Waals surface area contributed by atoms with E-state index in [1.54, 1.807) is 0 Å². The van der Waals surface area contributed by atoms with Gasteiger partial charge < -0.3 is 10.5 Å². The molecule has 0 saturated heterocycles. The van der Waals surface area contributed by atoms with Crippen molar-refractivity contribution in [2.24, 2.45) is 5.73 Å². The molecule has 0 saturated carbocycles. The van der Waals surface area contributed by atoms with Crippen molar-refractivity contribution in [3.63, 3.8) is 0 Å². The van der Waals surface area contributed by atoms with Crippen molar-refractivity contribution in [1.29, 1.82) is 0 Å². The maximum atomic E-state index is 11.3. The van der Waals surface area contributed by atoms with Gasteiger partial charge in [-0.1, -0.05) is 23.4 Å². The number of primary amides is 1. The predicted molar refractivity (Wildman–Crippen MR) is 61.3 cm³/mol. The number of methoxy groups -OCH3 is 1. The fraction of sp³-hybridized carbons (Fsp3) is 0.182. The van der Waals surface area contributed by atoms with Gasteiger partial charge in [-0.2, -0.15) is 0 Å². The van der Waals surface area contributed by atoms with Gasteiger partial charge in [0, 0.05) is 11.8 Å². The van der Waals surface area contributed by atoms with Gasteiger partial charge in [-0.25, -0.2) is 9.78 Å². The summed E-state index contributed by atoms with van der Waals surface area (Å²) in [6.45, 7) is 0. The molecule has 0 aliphatic rings. The Kier molecular flexibility index (Phi) is 4.49. The van der Waals surface area contributed by atoms with Crippen molar-refractivity contribution in [2.75, 3.05) is 7.11 Å². The molecule has 0 spiro atoms. The Morgan fingerprint density at radius 2 is 2.29 bits per heavy atom. The van der Waals surface area contributed by atoms with Crippen LogP contribution in [0.1, 0.15) is 22.3 Å². The van der Waals surface area contributed by atoms with Gasteiger partial charge in [0.2, 0.25) is 5.91 Å². The summed E-state index contributed by atoms with van der Waals surface area (Å²) in [7, 11) is 1.24. The van der Waals surface area contributed by atoms with Gasteiger partial charge in [0.05, 0.1) is 19.1 Å². The van der Waals surface area contributed by atoms with Crippen molar-refractivity contribution >= 4 is 23.5 Å². The van der Waals surface area contributed by atoms with E-state index in [2.05, 4.69) is 21.6 Å². The number of pyridine rings is 1. The molecule has 17 heavy (non-hydrogen) atoms. The largest absolute Gasteiger partial charge is 0.465 e. The average Bonchev–Trinajstić information content (AvgIpc) is 2.30. The Hall–Kier alpha value is -2.06. The summed E-state index contributed by atoms with van der Waals surface area (Å²) in [5, 5.41) is 0.0392. The van der Waals surface area contributed by atoms with Crippen LogP contribution in [0.2, 0.25) is 5.15 Å². The minimum atomic E-state index is -0.596. The van der Waals surface area contributed by atoms with Crippen LogP contribution in [-0.4, -0.2) is 24.0 Å². The highest BCUT2D eigenvalue weighted by Crippen LogP contribution is 2.14. The molecule has 0 radical (unpaired) electrons. The van der Waals surface area contributed by atoms with Crippen LogP contribution in [0, 0.1) is 11.8 Å². The second-order valence-corrected chi connectivity index (χ2v) is 3.36. The lowest BCUT2D eigenvalue weighted by atomic mass is 10.2. The monoisotopic (exact) mass is 252 g/mol. The van der Waals surface area contributed by atoms with Crippen LogP contribution in [-0.2, 0) is 9.53 Å². The lowest BCUT2D eigenvalue weighted by Gasteiger charge is -2.01. The first-order valence-corrected chi connectivity index (χ1v) is 4.93. The number of hydrogen-bond acceptors (Lipinski definition) is 4. The van der Waals surface area contributed by atoms with E-state index in [0.29, 0.717) is 5.56 Å². The van der Waals surface area contributed by atoms with Gasteiger partial charge in [-0.3, -0.25) is 4.79 Å². The number of hydrogen-bond donors (Lipinski definition) is 1. The van der Waals surface area contributed by atoms with Gasteiger partial charge in [-0.15, -0.1) is 0 Å². The van der Waals surface area contributed by atoms with Crippen LogP contribution >= 0.6 is 11.6 Å². The number of nitrogens with two attached hydrogens (primary N) is 1. The first-order chi connectivity index (χ1) is 8.04. The molecule has 2 N–H and O–H groups in total. The quantitative estimate of drug-likeness (QED) is 0.478. The zero-order chi connectivity index (χ0) is 12.8. The molecule has 1 aromatic heterocycles. The molecule has 5 nitrogen and oxygen atoms in total. The molecule has 0 unspecified atom stereocenters. The number of esters is 1. The number of amides is 1. The van der Waals surface area contributed by atoms with E-state index in [1.165, 1.54) is 19.4 Å². The van der Waals surface area contributed by atoms with E-state index in [4.69, 9.17) is 17.3 Å². The summed E-state index contributed by atoms with van der Waals surface area (Å²) in [6.07, 6.45) is 1.33. The Balaban J connectivity index is 2.99. The highest BCUT2D eigenvalue weighted by Gasteiger charge is 2.11. The molecule has 1 aromatic rings. The molecule has 88 valence electrons. The number of rotatable bonds is 2. The number of carbonyl (C=O) groups is 2. The van der Waals surface area contributed by atoms with Gasteiger partial charge in [-0.05, 0) is 6.07 Å². The Morgan fingerprint density at radius 3 is 2.88 bits per heavy atom. The van der Waals surface area contributed by atoms with E-state index in [0.717, 1.165) is 0 Å². The standard InChI is InChI=1S/C11H9ClN2O3/c1-17-11(16)8-5-7(6-14-10(8)12)3-2-4-9(13)15/h5-6H,4H2,1H3,(H2,13,15). The van der Waals surface area contributed by atoms with Crippen molar-refractivity contribution < 1.29 is 14.3 Å². The van der Waals surface area contributed by atoms with Crippen molar-refractivity contribution in [2.45, 2.75) is 6.42 Å². The molecule has 6 heteroatoms. The highest BCUT2D eigenvalue weighted by atomic mass is 35.5. The zero-order valence-electron chi connectivity index (χ0n) is 8.99. The maximum Gasteiger partial charge on any atom is 0.341 e. The molecular formula is C11H9ClN2O3. The third-order valence-electron chi connectivity index (χ3n) is 1.74. The fourth-order valence-electron chi connectivity index (χ4n) is 1.00. The molecular weight excluding hydrogens is 244 g/mol. The van der Waals surface area contributed by atoms with Crippen LogP contribution in [0.4, 0.5) is 0 Å². The van der Waals surface area contributed by atoms with Gasteiger partial charge in [0.15, 0.2) is 0 Å². The number of aromatic nitrogens is 1. The minimum absolute atomic E-state index is 0.0392. The van der Waals surface area contributed by atoms with E-state index in [9.17, 15) is 9.59 Å². The van der Waals surface area contributed by atoms with Gasteiger partial charge >= 0.3 is 5.97 Å². The van der Waals surface area contributed by atoms with Crippen molar-refractivity contribution in [3.05, 3.63) is 28.5 Å². The topological polar surface area (TPSA) is 82.3 Å². The summed E-state index contributed by atoms with van der Waals surface area (Å²) in [5.74, 6) is 4.07. The summed E-state index contributed by atoms with van der Waals surface area (Å²) < 4.78 is 4.53. The van der Waals surface area contributed by atoms with Crippen LogP contribution in [0.25, 0.3) is 0 Å². The second kappa shape index (κ2) is 5.87. The summed E-state index contributed by atoms with van der Waals surface area (Å²) in [6, 6.07) is 1.44. The van der Waals surface area contributed by atoms with Crippen LogP contribution in [0.3, 0.4) is 0 Å². The van der Waals surface area contributed by atoms with Crippen LogP contribution < -0.4 is 5.73 Å². The van der Waals surface area contributed by atoms with Crippen molar-refractivity contribution in [1.82, 2.24) is 4.98 Å². The molecule has 1 heterocycles.